The van der Waals surface area contributed by atoms with E-state index in [1.165, 1.54) is 0 Å². The maximum Gasteiger partial charge on any atom is 0.103 e. The Balaban J connectivity index is 2.42. The van der Waals surface area contributed by atoms with Crippen molar-refractivity contribution in [3.63, 3.8) is 0 Å². The molecule has 0 aliphatic carbocycles. The maximum absolute atomic E-state index is 9.39. The highest BCUT2D eigenvalue weighted by Gasteiger charge is 2.17. The fraction of sp³-hybridized carbons (Fsp3) is 0.294. The molecule has 0 fully saturated rings. The first-order valence-electron chi connectivity index (χ1n) is 6.80. The van der Waals surface area contributed by atoms with Crippen LogP contribution < -0.4 is 4.90 Å². The number of halogens is 1. The quantitative estimate of drug-likeness (QED) is 0.842. The van der Waals surface area contributed by atoms with Crippen molar-refractivity contribution in [1.29, 1.82) is 5.26 Å². The van der Waals surface area contributed by atoms with Crippen molar-refractivity contribution < 1.29 is 0 Å². The van der Waals surface area contributed by atoms with Gasteiger partial charge in [0.2, 0.25) is 0 Å². The minimum atomic E-state index is 0.135. The molecule has 0 amide bonds. The van der Waals surface area contributed by atoms with Gasteiger partial charge in [-0.3, -0.25) is 4.98 Å². The Labute approximate surface area is 130 Å². The Morgan fingerprint density at radius 3 is 2.43 bits per heavy atom. The van der Waals surface area contributed by atoms with E-state index in [1.54, 1.807) is 0 Å². The topological polar surface area (TPSA) is 39.9 Å². The van der Waals surface area contributed by atoms with Crippen LogP contribution in [0, 0.1) is 25.2 Å². The van der Waals surface area contributed by atoms with Crippen LogP contribution >= 0.6 is 11.6 Å². The normalized spacial score (nSPS) is 11.8. The van der Waals surface area contributed by atoms with Gasteiger partial charge in [-0.2, -0.15) is 5.26 Å². The highest BCUT2D eigenvalue weighted by Crippen LogP contribution is 2.30. The lowest BCUT2D eigenvalue weighted by Gasteiger charge is -2.29. The fourth-order valence-electron chi connectivity index (χ4n) is 2.40. The average molecular weight is 300 g/mol. The molecule has 1 aromatic carbocycles. The average Bonchev–Trinajstić information content (AvgIpc) is 2.46. The van der Waals surface area contributed by atoms with Gasteiger partial charge in [0.15, 0.2) is 0 Å². The Bertz CT molecular complexity index is 686. The van der Waals surface area contributed by atoms with Crippen molar-refractivity contribution in [1.82, 2.24) is 4.98 Å². The zero-order valence-corrected chi connectivity index (χ0v) is 13.4. The monoisotopic (exact) mass is 299 g/mol. The number of pyridine rings is 1. The summed E-state index contributed by atoms with van der Waals surface area (Å²) in [6.07, 6.45) is 0. The molecule has 108 valence electrons. The molecular formula is C17H18ClN3. The number of hydrogen-bond acceptors (Lipinski definition) is 3. The highest BCUT2D eigenvalue weighted by atomic mass is 35.5. The summed E-state index contributed by atoms with van der Waals surface area (Å²) in [5, 5.41) is 10.1. The summed E-state index contributed by atoms with van der Waals surface area (Å²) in [6, 6.07) is 12.1. The third-order valence-corrected chi connectivity index (χ3v) is 3.98. The van der Waals surface area contributed by atoms with Gasteiger partial charge in [0.05, 0.1) is 23.0 Å². The van der Waals surface area contributed by atoms with Gasteiger partial charge >= 0.3 is 0 Å². The SMILES string of the molecule is Cc1cc(N(C)C(C)c2ccc(Cl)cc2)c(C#N)c(C)n1. The molecule has 4 heteroatoms. The molecule has 3 nitrogen and oxygen atoms in total. The standard InChI is InChI=1S/C17H18ClN3/c1-11-9-17(16(10-19)12(2)20-11)21(4)13(3)14-5-7-15(18)8-6-14/h5-9,13H,1-4H3. The lowest BCUT2D eigenvalue weighted by molar-refractivity contribution is 0.737. The number of aryl methyl sites for hydroxylation is 2. The van der Waals surface area contributed by atoms with E-state index in [4.69, 9.17) is 11.6 Å². The van der Waals surface area contributed by atoms with Gasteiger partial charge in [-0.1, -0.05) is 23.7 Å². The molecule has 0 N–H and O–H groups in total. The zero-order valence-electron chi connectivity index (χ0n) is 12.7. The molecule has 0 saturated heterocycles. The largest absolute Gasteiger partial charge is 0.367 e. The highest BCUT2D eigenvalue weighted by molar-refractivity contribution is 6.30. The van der Waals surface area contributed by atoms with Crippen LogP contribution in [0.15, 0.2) is 30.3 Å². The predicted molar refractivity (Wildman–Crippen MR) is 86.7 cm³/mol. The van der Waals surface area contributed by atoms with Crippen molar-refractivity contribution in [2.75, 3.05) is 11.9 Å². The van der Waals surface area contributed by atoms with Gasteiger partial charge in [-0.05, 0) is 44.5 Å². The van der Waals surface area contributed by atoms with Gasteiger partial charge in [0, 0.05) is 17.8 Å². The minimum absolute atomic E-state index is 0.135. The van der Waals surface area contributed by atoms with Crippen LogP contribution in [-0.4, -0.2) is 12.0 Å². The van der Waals surface area contributed by atoms with E-state index < -0.39 is 0 Å². The summed E-state index contributed by atoms with van der Waals surface area (Å²) in [6.45, 7) is 5.92. The molecule has 0 aliphatic rings. The first kappa shape index (κ1) is 15.3. The molecule has 1 atom stereocenters. The van der Waals surface area contributed by atoms with Crippen LogP contribution in [0.1, 0.15) is 35.5 Å². The Hall–Kier alpha value is -2.05. The van der Waals surface area contributed by atoms with Crippen LogP contribution in [-0.2, 0) is 0 Å². The molecule has 0 saturated carbocycles. The lowest BCUT2D eigenvalue weighted by Crippen LogP contribution is -2.23. The molecular weight excluding hydrogens is 282 g/mol. The van der Waals surface area contributed by atoms with Crippen molar-refractivity contribution in [2.45, 2.75) is 26.8 Å². The summed E-state index contributed by atoms with van der Waals surface area (Å²) in [4.78, 5) is 6.47. The molecule has 0 bridgehead atoms. The minimum Gasteiger partial charge on any atom is -0.367 e. The molecule has 1 unspecified atom stereocenters. The molecule has 1 heterocycles. The van der Waals surface area contributed by atoms with Crippen molar-refractivity contribution >= 4 is 17.3 Å². The van der Waals surface area contributed by atoms with Gasteiger partial charge in [0.25, 0.3) is 0 Å². The molecule has 0 spiro atoms. The van der Waals surface area contributed by atoms with E-state index in [1.807, 2.05) is 51.2 Å². The molecule has 0 radical (unpaired) electrons. The second-order valence-corrected chi connectivity index (χ2v) is 5.63. The van der Waals surface area contributed by atoms with Crippen LogP contribution in [0.5, 0.6) is 0 Å². The molecule has 0 aliphatic heterocycles. The van der Waals surface area contributed by atoms with Gasteiger partial charge in [0.1, 0.15) is 6.07 Å². The number of benzene rings is 1. The van der Waals surface area contributed by atoms with Crippen molar-refractivity contribution in [3.05, 3.63) is 57.9 Å². The van der Waals surface area contributed by atoms with Crippen molar-refractivity contribution in [3.8, 4) is 6.07 Å². The van der Waals surface area contributed by atoms with Gasteiger partial charge in [-0.25, -0.2) is 0 Å². The number of nitriles is 1. The van der Waals surface area contributed by atoms with E-state index in [2.05, 4.69) is 22.9 Å². The Morgan fingerprint density at radius 2 is 1.86 bits per heavy atom. The zero-order chi connectivity index (χ0) is 15.6. The second-order valence-electron chi connectivity index (χ2n) is 5.19. The van der Waals surface area contributed by atoms with Crippen LogP contribution in [0.3, 0.4) is 0 Å². The molecule has 1 aromatic heterocycles. The van der Waals surface area contributed by atoms with E-state index in [9.17, 15) is 5.26 Å². The molecule has 2 rings (SSSR count). The van der Waals surface area contributed by atoms with Crippen LogP contribution in [0.4, 0.5) is 5.69 Å². The summed E-state index contributed by atoms with van der Waals surface area (Å²) in [5.74, 6) is 0. The third-order valence-electron chi connectivity index (χ3n) is 3.73. The Morgan fingerprint density at radius 1 is 1.24 bits per heavy atom. The number of nitrogens with zero attached hydrogens (tertiary/aromatic N) is 3. The summed E-state index contributed by atoms with van der Waals surface area (Å²) in [5.41, 5.74) is 4.37. The first-order valence-corrected chi connectivity index (χ1v) is 7.18. The van der Waals surface area contributed by atoms with Gasteiger partial charge in [-0.15, -0.1) is 0 Å². The van der Waals surface area contributed by atoms with Crippen molar-refractivity contribution in [2.24, 2.45) is 0 Å². The number of rotatable bonds is 3. The smallest absolute Gasteiger partial charge is 0.103 e. The molecule has 2 aromatic rings. The van der Waals surface area contributed by atoms with Gasteiger partial charge < -0.3 is 4.90 Å². The fourth-order valence-corrected chi connectivity index (χ4v) is 2.52. The van der Waals surface area contributed by atoms with Crippen LogP contribution in [0.2, 0.25) is 5.02 Å². The van der Waals surface area contributed by atoms with E-state index in [-0.39, 0.29) is 6.04 Å². The van der Waals surface area contributed by atoms with E-state index in [0.29, 0.717) is 5.56 Å². The lowest BCUT2D eigenvalue weighted by atomic mass is 10.0. The summed E-state index contributed by atoms with van der Waals surface area (Å²) in [7, 11) is 1.99. The first-order chi connectivity index (χ1) is 9.93. The predicted octanol–water partition coefficient (Wildman–Crippen LogP) is 4.42. The maximum atomic E-state index is 9.39. The number of anilines is 1. The third kappa shape index (κ3) is 3.17. The Kier molecular flexibility index (Phi) is 4.50. The van der Waals surface area contributed by atoms with Crippen LogP contribution in [0.25, 0.3) is 0 Å². The van der Waals surface area contributed by atoms with E-state index in [0.717, 1.165) is 27.7 Å². The van der Waals surface area contributed by atoms with E-state index >= 15 is 0 Å². The number of aromatic nitrogens is 1. The second kappa shape index (κ2) is 6.15. The summed E-state index contributed by atoms with van der Waals surface area (Å²) >= 11 is 5.94. The number of hydrogen-bond donors (Lipinski definition) is 0. The molecule has 21 heavy (non-hydrogen) atoms. The summed E-state index contributed by atoms with van der Waals surface area (Å²) < 4.78 is 0.